The molecule has 0 spiro atoms. The molecule has 1 aliphatic rings. The van der Waals surface area contributed by atoms with Crippen molar-refractivity contribution in [2.45, 2.75) is 38.5 Å². The van der Waals surface area contributed by atoms with Gasteiger partial charge in [0, 0.05) is 26.2 Å². The molecule has 9 heteroatoms. The molecule has 156 valence electrons. The lowest BCUT2D eigenvalue weighted by Crippen LogP contribution is -2.41. The first-order chi connectivity index (χ1) is 13.2. The summed E-state index contributed by atoms with van der Waals surface area (Å²) in [5.74, 6) is -1.92. The third-order valence-electron chi connectivity index (χ3n) is 4.84. The Hall–Kier alpha value is -2.00. The Labute approximate surface area is 165 Å². The van der Waals surface area contributed by atoms with Crippen molar-refractivity contribution in [1.29, 1.82) is 0 Å². The molecular formula is C19H27FN2O5S. The van der Waals surface area contributed by atoms with E-state index in [0.29, 0.717) is 19.0 Å². The fourth-order valence-electron chi connectivity index (χ4n) is 3.25. The molecule has 1 fully saturated rings. The summed E-state index contributed by atoms with van der Waals surface area (Å²) in [6, 6.07) is 2.99. The lowest BCUT2D eigenvalue weighted by atomic mass is 10.0. The molecule has 1 amide bonds. The van der Waals surface area contributed by atoms with Crippen molar-refractivity contribution >= 4 is 21.9 Å². The van der Waals surface area contributed by atoms with E-state index < -0.39 is 34.0 Å². The maximum atomic E-state index is 14.1. The molecule has 1 heterocycles. The zero-order valence-electron chi connectivity index (χ0n) is 16.5. The van der Waals surface area contributed by atoms with Crippen LogP contribution in [0.5, 0.6) is 0 Å². The minimum Gasteiger partial charge on any atom is -0.452 e. The van der Waals surface area contributed by atoms with E-state index in [1.807, 2.05) is 6.92 Å². The van der Waals surface area contributed by atoms with Crippen LogP contribution in [0, 0.1) is 11.7 Å². The standard InChI is InChI=1S/C19H27FN2O5S/c1-4-22(5-2)28(25,26)15-8-9-17(20)16(11-15)19(24)27-13-18(23)21-10-6-7-14(3)12-21/h8-9,11,14H,4-7,10,12-13H2,1-3H3/t14-/m1/s1. The van der Waals surface area contributed by atoms with Crippen LogP contribution in [0.4, 0.5) is 4.39 Å². The molecule has 0 unspecified atom stereocenters. The van der Waals surface area contributed by atoms with Crippen molar-refractivity contribution in [3.63, 3.8) is 0 Å². The van der Waals surface area contributed by atoms with Crippen molar-refractivity contribution in [3.8, 4) is 0 Å². The molecule has 1 aromatic rings. The highest BCUT2D eigenvalue weighted by Crippen LogP contribution is 2.20. The quantitative estimate of drug-likeness (QED) is 0.639. The third kappa shape index (κ3) is 5.08. The highest BCUT2D eigenvalue weighted by molar-refractivity contribution is 7.89. The van der Waals surface area contributed by atoms with Gasteiger partial charge in [-0.2, -0.15) is 4.31 Å². The number of carbonyl (C=O) groups is 2. The van der Waals surface area contributed by atoms with Crippen molar-refractivity contribution in [1.82, 2.24) is 9.21 Å². The van der Waals surface area contributed by atoms with Crippen LogP contribution in [-0.4, -0.2) is 62.3 Å². The fourth-order valence-corrected chi connectivity index (χ4v) is 4.73. The molecule has 0 aliphatic carbocycles. The number of sulfonamides is 1. The molecule has 7 nitrogen and oxygen atoms in total. The Balaban J connectivity index is 2.12. The number of amides is 1. The zero-order valence-corrected chi connectivity index (χ0v) is 17.3. The molecule has 1 aromatic carbocycles. The molecule has 1 saturated heterocycles. The number of likely N-dealkylation sites (tertiary alicyclic amines) is 1. The number of piperidine rings is 1. The van der Waals surface area contributed by atoms with Crippen LogP contribution in [0.15, 0.2) is 23.1 Å². The molecule has 0 N–H and O–H groups in total. The normalized spacial score (nSPS) is 17.6. The summed E-state index contributed by atoms with van der Waals surface area (Å²) in [5, 5.41) is 0. The van der Waals surface area contributed by atoms with Crippen LogP contribution >= 0.6 is 0 Å². The number of esters is 1. The first-order valence-corrected chi connectivity index (χ1v) is 10.9. The Morgan fingerprint density at radius 3 is 2.57 bits per heavy atom. The van der Waals surface area contributed by atoms with Crippen LogP contribution < -0.4 is 0 Å². The van der Waals surface area contributed by atoms with Gasteiger partial charge in [0.15, 0.2) is 6.61 Å². The van der Waals surface area contributed by atoms with E-state index in [0.717, 1.165) is 31.0 Å². The number of hydrogen-bond acceptors (Lipinski definition) is 5. The first kappa shape index (κ1) is 22.3. The number of rotatable bonds is 7. The molecule has 0 saturated carbocycles. The summed E-state index contributed by atoms with van der Waals surface area (Å²) in [5.41, 5.74) is -0.506. The van der Waals surface area contributed by atoms with Crippen LogP contribution in [0.1, 0.15) is 44.0 Å². The van der Waals surface area contributed by atoms with Crippen molar-refractivity contribution < 1.29 is 27.1 Å². The average Bonchev–Trinajstić information content (AvgIpc) is 2.66. The largest absolute Gasteiger partial charge is 0.452 e. The van der Waals surface area contributed by atoms with Crippen LogP contribution in [0.25, 0.3) is 0 Å². The lowest BCUT2D eigenvalue weighted by molar-refractivity contribution is -0.136. The minimum absolute atomic E-state index is 0.194. The van der Waals surface area contributed by atoms with Gasteiger partial charge in [-0.05, 0) is 37.0 Å². The van der Waals surface area contributed by atoms with Crippen molar-refractivity contribution in [2.24, 2.45) is 5.92 Å². The van der Waals surface area contributed by atoms with Gasteiger partial charge < -0.3 is 9.64 Å². The van der Waals surface area contributed by atoms with Gasteiger partial charge in [0.2, 0.25) is 10.0 Å². The average molecular weight is 414 g/mol. The van der Waals surface area contributed by atoms with Crippen LogP contribution in [0.3, 0.4) is 0 Å². The van der Waals surface area contributed by atoms with Gasteiger partial charge in [-0.3, -0.25) is 4.79 Å². The molecule has 1 atom stereocenters. The zero-order chi connectivity index (χ0) is 20.9. The third-order valence-corrected chi connectivity index (χ3v) is 6.88. The molecule has 0 bridgehead atoms. The maximum Gasteiger partial charge on any atom is 0.341 e. The van der Waals surface area contributed by atoms with Gasteiger partial charge in [-0.15, -0.1) is 0 Å². The number of hydrogen-bond donors (Lipinski definition) is 0. The SMILES string of the molecule is CCN(CC)S(=O)(=O)c1ccc(F)c(C(=O)OCC(=O)N2CCC[C@@H](C)C2)c1. The Kier molecular flexibility index (Phi) is 7.54. The number of carbonyl (C=O) groups excluding carboxylic acids is 2. The van der Waals surface area contributed by atoms with E-state index in [1.54, 1.807) is 18.7 Å². The summed E-state index contributed by atoms with van der Waals surface area (Å²) in [4.78, 5) is 25.9. The number of ether oxygens (including phenoxy) is 1. The lowest BCUT2D eigenvalue weighted by Gasteiger charge is -2.30. The van der Waals surface area contributed by atoms with E-state index in [4.69, 9.17) is 4.74 Å². The summed E-state index contributed by atoms with van der Waals surface area (Å²) >= 11 is 0. The highest BCUT2D eigenvalue weighted by Gasteiger charge is 2.26. The van der Waals surface area contributed by atoms with Gasteiger partial charge in [-0.1, -0.05) is 20.8 Å². The second kappa shape index (κ2) is 9.47. The monoisotopic (exact) mass is 414 g/mol. The second-order valence-electron chi connectivity index (χ2n) is 6.89. The predicted octanol–water partition coefficient (Wildman–Crippen LogP) is 2.27. The molecule has 1 aliphatic heterocycles. The van der Waals surface area contributed by atoms with Crippen LogP contribution in [-0.2, 0) is 19.6 Å². The summed E-state index contributed by atoms with van der Waals surface area (Å²) in [6.07, 6.45) is 1.93. The summed E-state index contributed by atoms with van der Waals surface area (Å²) in [6.45, 7) is 6.62. The highest BCUT2D eigenvalue weighted by atomic mass is 32.2. The Morgan fingerprint density at radius 2 is 1.96 bits per heavy atom. The number of benzene rings is 1. The molecule has 2 rings (SSSR count). The molecule has 0 aromatic heterocycles. The molecule has 28 heavy (non-hydrogen) atoms. The van der Waals surface area contributed by atoms with Crippen LogP contribution in [0.2, 0.25) is 0 Å². The molecular weight excluding hydrogens is 387 g/mol. The van der Waals surface area contributed by atoms with Gasteiger partial charge in [0.25, 0.3) is 5.91 Å². The predicted molar refractivity (Wildman–Crippen MR) is 102 cm³/mol. The van der Waals surface area contributed by atoms with Gasteiger partial charge in [0.05, 0.1) is 10.5 Å². The summed E-state index contributed by atoms with van der Waals surface area (Å²) < 4.78 is 45.4. The van der Waals surface area contributed by atoms with E-state index in [1.165, 1.54) is 4.31 Å². The van der Waals surface area contributed by atoms with E-state index >= 15 is 0 Å². The smallest absolute Gasteiger partial charge is 0.341 e. The Morgan fingerprint density at radius 1 is 1.29 bits per heavy atom. The fraction of sp³-hybridized carbons (Fsp3) is 0.579. The summed E-state index contributed by atoms with van der Waals surface area (Å²) in [7, 11) is -3.84. The van der Waals surface area contributed by atoms with Crippen molar-refractivity contribution in [2.75, 3.05) is 32.8 Å². The number of halogens is 1. The molecule has 0 radical (unpaired) electrons. The maximum absolute atomic E-state index is 14.1. The van der Waals surface area contributed by atoms with Crippen molar-refractivity contribution in [3.05, 3.63) is 29.6 Å². The Bertz CT molecular complexity index is 824. The van der Waals surface area contributed by atoms with E-state index in [2.05, 4.69) is 0 Å². The minimum atomic E-state index is -3.84. The number of nitrogens with zero attached hydrogens (tertiary/aromatic N) is 2. The van der Waals surface area contributed by atoms with E-state index in [-0.39, 0.29) is 23.9 Å². The first-order valence-electron chi connectivity index (χ1n) is 9.45. The van der Waals surface area contributed by atoms with Gasteiger partial charge in [0.1, 0.15) is 5.82 Å². The van der Waals surface area contributed by atoms with Gasteiger partial charge in [-0.25, -0.2) is 17.6 Å². The van der Waals surface area contributed by atoms with E-state index in [9.17, 15) is 22.4 Å². The second-order valence-corrected chi connectivity index (χ2v) is 8.83. The van der Waals surface area contributed by atoms with Gasteiger partial charge >= 0.3 is 5.97 Å². The topological polar surface area (TPSA) is 84.0 Å².